The van der Waals surface area contributed by atoms with Crippen molar-refractivity contribution in [1.29, 1.82) is 0 Å². The maximum Gasteiger partial charge on any atom is 2.00 e. The van der Waals surface area contributed by atoms with Crippen molar-refractivity contribution in [2.75, 3.05) is 0 Å². The van der Waals surface area contributed by atoms with Crippen LogP contribution in [0.15, 0.2) is 0 Å². The fraction of sp³-hybridized carbons (Fsp3) is 0. The third-order valence-electron chi connectivity index (χ3n) is 0. The van der Waals surface area contributed by atoms with E-state index in [1.807, 2.05) is 0 Å². The Morgan fingerprint density at radius 1 is 1.27 bits per heavy atom. The standard InChI is InChI=1S/CH2O3.Al.Ca.Na.H2O3Si.6H/c2-1(3)4;;;;1-4(2)3;;;;;;/h(H2,2,3,4);;;;1-2H;;;;;;/q;;+2;+1;;;;;3*-1. The van der Waals surface area contributed by atoms with Crippen LogP contribution in [0.2, 0.25) is 0 Å². The Morgan fingerprint density at radius 3 is 1.27 bits per heavy atom. The Kier molecular flexibility index (Phi) is 60.2. The molecule has 4 N–H and O–H groups in total. The molecule has 0 heterocycles. The van der Waals surface area contributed by atoms with Crippen LogP contribution in [0.25, 0.3) is 0 Å². The quantitative estimate of drug-likeness (QED) is 0.312. The van der Waals surface area contributed by atoms with Gasteiger partial charge >= 0.3 is 82.6 Å². The van der Waals surface area contributed by atoms with Crippen molar-refractivity contribution in [2.24, 2.45) is 0 Å². The van der Waals surface area contributed by atoms with E-state index in [-0.39, 0.29) is 88.9 Å². The van der Waals surface area contributed by atoms with Gasteiger partial charge in [-0.2, -0.15) is 0 Å². The summed E-state index contributed by atoms with van der Waals surface area (Å²) in [4.78, 5) is 22.9. The number of carbonyl (C=O) groups is 1. The summed E-state index contributed by atoms with van der Waals surface area (Å²) in [6, 6.07) is 0. The van der Waals surface area contributed by atoms with E-state index in [9.17, 15) is 0 Å². The van der Waals surface area contributed by atoms with Crippen LogP contribution in [0, 0.1) is 0 Å². The summed E-state index contributed by atoms with van der Waals surface area (Å²) in [5.74, 6) is 0. The van der Waals surface area contributed by atoms with E-state index in [0.29, 0.717) is 0 Å². The zero-order valence-electron chi connectivity index (χ0n) is 8.31. The Hall–Kier alpha value is 1.68. The van der Waals surface area contributed by atoms with Gasteiger partial charge in [-0.3, -0.25) is 4.46 Å². The Morgan fingerprint density at radius 2 is 1.27 bits per heavy atom. The molecule has 0 aliphatic rings. The molecule has 0 radical (unpaired) electrons. The third kappa shape index (κ3) is 388. The zero-order valence-corrected chi connectivity index (χ0v) is 10.5. The molecule has 10 heteroatoms. The Bertz CT molecular complexity index is 91.1. The Balaban J connectivity index is -0.00000000600. The molecule has 0 saturated carbocycles. The average Bonchev–Trinajstić information content (AvgIpc) is 1.25. The van der Waals surface area contributed by atoms with E-state index in [2.05, 4.69) is 0 Å². The molecule has 0 rings (SSSR count). The van der Waals surface area contributed by atoms with Crippen molar-refractivity contribution in [1.82, 2.24) is 0 Å². The summed E-state index contributed by atoms with van der Waals surface area (Å²) < 4.78 is 8.74. The van der Waals surface area contributed by atoms with Gasteiger partial charge < -0.3 is 24.1 Å². The molecule has 0 bridgehead atoms. The van der Waals surface area contributed by atoms with Crippen LogP contribution in [0.4, 0.5) is 4.79 Å². The predicted octanol–water partition coefficient (Wildman–Crippen LogP) is -5.61. The predicted molar refractivity (Wildman–Crippen MR) is 40.6 cm³/mol. The summed E-state index contributed by atoms with van der Waals surface area (Å²) in [5.41, 5.74) is 0. The maximum absolute atomic E-state index is 8.74. The summed E-state index contributed by atoms with van der Waals surface area (Å²) in [6.07, 6.45) is -1.83. The van der Waals surface area contributed by atoms with Gasteiger partial charge in [-0.05, 0) is 0 Å². The first kappa shape index (κ1) is 29.3. The molecule has 11 heavy (non-hydrogen) atoms. The SMILES string of the molecule is O=C(O)O.O=[Si](O)O.[AlH3].[Ca+2].[H-].[H-].[H-].[Na+]. The molecule has 0 unspecified atom stereocenters. The smallest absolute Gasteiger partial charge is 1.00 e. The van der Waals surface area contributed by atoms with E-state index < -0.39 is 15.3 Å². The minimum absolute atomic E-state index is 0. The topological polar surface area (TPSA) is 115 Å². The number of hydrogen-bond donors (Lipinski definition) is 4. The minimum Gasteiger partial charge on any atom is -1.00 e. The molecule has 0 amide bonds. The van der Waals surface area contributed by atoms with Gasteiger partial charge in [0.15, 0.2) is 17.4 Å². The summed E-state index contributed by atoms with van der Waals surface area (Å²) in [5, 5.41) is 13.9. The monoisotopic (exact) mass is 236 g/mol. The molecule has 0 aromatic rings. The van der Waals surface area contributed by atoms with Crippen LogP contribution in [0.3, 0.4) is 0 Å². The van der Waals surface area contributed by atoms with Crippen molar-refractivity contribution < 1.29 is 62.9 Å². The van der Waals surface area contributed by atoms with Gasteiger partial charge in [0.25, 0.3) is 0 Å². The number of hydrogen-bond acceptors (Lipinski definition) is 2. The second-order valence-corrected chi connectivity index (χ2v) is 1.13. The first-order chi connectivity index (χ1) is 3.46. The van der Waals surface area contributed by atoms with Crippen LogP contribution in [0.1, 0.15) is 4.28 Å². The minimum atomic E-state index is -3.13. The summed E-state index contributed by atoms with van der Waals surface area (Å²) in [6.45, 7) is 0. The largest absolute Gasteiger partial charge is 2.00 e. The molecule has 0 aliphatic carbocycles. The molecule has 6 nitrogen and oxygen atoms in total. The van der Waals surface area contributed by atoms with Gasteiger partial charge in [0.05, 0.1) is 0 Å². The first-order valence-electron chi connectivity index (χ1n) is 1.30. The van der Waals surface area contributed by atoms with Crippen LogP contribution in [0.5, 0.6) is 0 Å². The van der Waals surface area contributed by atoms with Crippen molar-refractivity contribution in [3.05, 3.63) is 0 Å². The number of carboxylic acid groups (broad SMARTS) is 2. The molecule has 0 fully saturated rings. The van der Waals surface area contributed by atoms with E-state index in [1.54, 1.807) is 0 Å². The molecule has 0 aliphatic heterocycles. The van der Waals surface area contributed by atoms with Crippen LogP contribution in [-0.4, -0.2) is 90.2 Å². The fourth-order valence-corrected chi connectivity index (χ4v) is 0. The van der Waals surface area contributed by atoms with E-state index in [4.69, 9.17) is 29.1 Å². The van der Waals surface area contributed by atoms with E-state index >= 15 is 0 Å². The van der Waals surface area contributed by atoms with E-state index in [1.165, 1.54) is 0 Å². The number of rotatable bonds is 0. The van der Waals surface area contributed by atoms with Crippen molar-refractivity contribution >= 4 is 70.4 Å². The molecule has 60 valence electrons. The molecule has 0 spiro atoms. The van der Waals surface area contributed by atoms with Gasteiger partial charge in [0.1, 0.15) is 0 Å². The Labute approximate surface area is 131 Å². The average molecular weight is 236 g/mol. The second kappa shape index (κ2) is 22.6. The third-order valence-corrected chi connectivity index (χ3v) is 0. The summed E-state index contributed by atoms with van der Waals surface area (Å²) >= 11 is 0. The fourth-order valence-electron chi connectivity index (χ4n) is 0. The second-order valence-electron chi connectivity index (χ2n) is 0.565. The van der Waals surface area contributed by atoms with E-state index in [0.717, 1.165) is 0 Å². The van der Waals surface area contributed by atoms with Gasteiger partial charge in [-0.25, -0.2) is 4.79 Å². The van der Waals surface area contributed by atoms with Crippen LogP contribution in [-0.2, 0) is 4.46 Å². The first-order valence-corrected chi connectivity index (χ1v) is 2.61. The van der Waals surface area contributed by atoms with Gasteiger partial charge in [0.2, 0.25) is 0 Å². The summed E-state index contributed by atoms with van der Waals surface area (Å²) in [7, 11) is -3.13. The van der Waals surface area contributed by atoms with Crippen molar-refractivity contribution in [3.63, 3.8) is 0 Å². The van der Waals surface area contributed by atoms with Gasteiger partial charge in [-0.1, -0.05) is 0 Å². The molecular weight excluding hydrogens is 226 g/mol. The van der Waals surface area contributed by atoms with Crippen LogP contribution >= 0.6 is 0 Å². The maximum atomic E-state index is 8.74. The van der Waals surface area contributed by atoms with Gasteiger partial charge in [-0.15, -0.1) is 0 Å². The molecule has 0 atom stereocenters. The van der Waals surface area contributed by atoms with Crippen molar-refractivity contribution in [2.45, 2.75) is 0 Å². The van der Waals surface area contributed by atoms with Gasteiger partial charge in [0, 0.05) is 0 Å². The zero-order chi connectivity index (χ0) is 7.15. The molecular formula is CH10AlCaNaO6Si. The molecule has 0 saturated heterocycles. The normalized spacial score (nSPS) is 4.36. The van der Waals surface area contributed by atoms with Crippen molar-refractivity contribution in [3.8, 4) is 0 Å². The van der Waals surface area contributed by atoms with Crippen LogP contribution < -0.4 is 29.6 Å². The molecule has 0 aromatic carbocycles. The molecule has 0 aromatic heterocycles.